The van der Waals surface area contributed by atoms with Crippen molar-refractivity contribution in [1.82, 2.24) is 50.1 Å². The van der Waals surface area contributed by atoms with Crippen LogP contribution in [-0.4, -0.2) is 139 Å². The SMILES string of the molecule is Nc1ncnc2c1c(C(=O)Nc1nc3ccccc3o1)nn2[C@@H]1CCCN(C(=O)/C=C/CN2CCN(CCCC(=O)CCCC[C@@H]3SC[C@@H]4NC(=O)N[C@@H]43)CC2)C1. The molecule has 0 radical (unpaired) electrons. The van der Waals surface area contributed by atoms with Crippen molar-refractivity contribution >= 4 is 69.4 Å². The molecule has 3 aromatic heterocycles. The number of hydrogen-bond acceptors (Lipinski definition) is 13. The number of amides is 4. The highest BCUT2D eigenvalue weighted by Crippen LogP contribution is 2.33. The van der Waals surface area contributed by atoms with Gasteiger partial charge in [0.25, 0.3) is 5.91 Å². The number of para-hydroxylation sites is 2. The molecule has 4 atom stereocenters. The molecule has 1 aromatic carbocycles. The van der Waals surface area contributed by atoms with E-state index in [0.717, 1.165) is 77.0 Å². The third-order valence-electron chi connectivity index (χ3n) is 11.5. The van der Waals surface area contributed by atoms with Crippen LogP contribution < -0.4 is 21.7 Å². The lowest BCUT2D eigenvalue weighted by molar-refractivity contribution is -0.127. The summed E-state index contributed by atoms with van der Waals surface area (Å²) in [4.78, 5) is 70.4. The number of thioether (sulfide) groups is 1. The van der Waals surface area contributed by atoms with Crippen LogP contribution in [0.4, 0.5) is 16.6 Å². The van der Waals surface area contributed by atoms with Crippen LogP contribution in [0.25, 0.3) is 22.1 Å². The number of carbonyl (C=O) groups excluding carboxylic acids is 4. The van der Waals surface area contributed by atoms with Crippen molar-refractivity contribution in [3.63, 3.8) is 0 Å². The van der Waals surface area contributed by atoms with Gasteiger partial charge in [0, 0.05) is 75.7 Å². The summed E-state index contributed by atoms with van der Waals surface area (Å²) in [5, 5.41) is 14.2. The Hall–Kier alpha value is -5.07. The molecule has 4 aromatic rings. The molecule has 4 saturated heterocycles. The van der Waals surface area contributed by atoms with Gasteiger partial charge in [-0.2, -0.15) is 21.8 Å². The maximum absolute atomic E-state index is 13.5. The quantitative estimate of drug-likeness (QED) is 0.0775. The number of benzene rings is 1. The number of nitrogens with one attached hydrogen (secondary N) is 3. The second-order valence-electron chi connectivity index (χ2n) is 15.3. The third-order valence-corrected chi connectivity index (χ3v) is 13.0. The fourth-order valence-corrected chi connectivity index (χ4v) is 9.93. The van der Waals surface area contributed by atoms with Crippen molar-refractivity contribution in [3.05, 3.63) is 48.4 Å². The predicted molar refractivity (Wildman–Crippen MR) is 217 cm³/mol. The van der Waals surface area contributed by atoms with E-state index in [-0.39, 0.29) is 47.6 Å². The summed E-state index contributed by atoms with van der Waals surface area (Å²) in [6.45, 7) is 6.36. The van der Waals surface area contributed by atoms with Crippen molar-refractivity contribution in [2.75, 3.05) is 69.2 Å². The van der Waals surface area contributed by atoms with Gasteiger partial charge in [0.15, 0.2) is 16.9 Å². The number of piperazine rings is 1. The van der Waals surface area contributed by atoms with Gasteiger partial charge in [0.05, 0.1) is 23.5 Å². The maximum Gasteiger partial charge on any atom is 0.315 e. The number of hydrogen-bond donors (Lipinski definition) is 4. The lowest BCUT2D eigenvalue weighted by atomic mass is 10.0. The molecule has 0 unspecified atom stereocenters. The van der Waals surface area contributed by atoms with E-state index in [2.05, 4.69) is 45.8 Å². The van der Waals surface area contributed by atoms with Crippen LogP contribution in [0.1, 0.15) is 67.9 Å². The minimum Gasteiger partial charge on any atom is -0.423 e. The number of urea groups is 1. The normalized spacial score (nSPS) is 22.9. The van der Waals surface area contributed by atoms with Crippen LogP contribution >= 0.6 is 11.8 Å². The van der Waals surface area contributed by atoms with Crippen molar-refractivity contribution in [1.29, 1.82) is 0 Å². The van der Waals surface area contributed by atoms with Crippen LogP contribution in [-0.2, 0) is 9.59 Å². The highest BCUT2D eigenvalue weighted by Gasteiger charge is 2.42. The molecule has 18 heteroatoms. The third kappa shape index (κ3) is 9.07. The average Bonchev–Trinajstić information content (AvgIpc) is 4.00. The highest BCUT2D eigenvalue weighted by molar-refractivity contribution is 8.00. The van der Waals surface area contributed by atoms with Gasteiger partial charge in [-0.05, 0) is 50.8 Å². The highest BCUT2D eigenvalue weighted by atomic mass is 32.2. The summed E-state index contributed by atoms with van der Waals surface area (Å²) in [5.41, 5.74) is 7.88. The lowest BCUT2D eigenvalue weighted by Crippen LogP contribution is -2.46. The Balaban J connectivity index is 0.755. The summed E-state index contributed by atoms with van der Waals surface area (Å²) in [6.07, 6.45) is 11.6. The van der Waals surface area contributed by atoms with Crippen molar-refractivity contribution in [2.24, 2.45) is 0 Å². The number of fused-ring (bicyclic) bond motifs is 3. The van der Waals surface area contributed by atoms with Crippen LogP contribution in [0.2, 0.25) is 0 Å². The fraction of sp³-hybridized carbons (Fsp3) is 0.538. The number of aromatic nitrogens is 5. The summed E-state index contributed by atoms with van der Waals surface area (Å²) in [5.74, 6) is 0.831. The van der Waals surface area contributed by atoms with E-state index < -0.39 is 5.91 Å². The zero-order valence-corrected chi connectivity index (χ0v) is 32.8. The number of nitrogen functional groups attached to an aromatic ring is 1. The van der Waals surface area contributed by atoms with Gasteiger partial charge < -0.3 is 30.6 Å². The van der Waals surface area contributed by atoms with Gasteiger partial charge >= 0.3 is 12.0 Å². The standard InChI is InChI=1S/C39H50N12O5S/c40-35-32-34(37(54)46-39-44-27-11-2-3-12-29(27)56-39)47-51(36(32)42-24-41-35)25-8-5-17-50(22-25)31(53)14-7-16-49-20-18-48(19-21-49)15-6-10-26(52)9-1-4-13-30-33-28(23-57-30)43-38(55)45-33/h2-3,7,11-12,14,24-25,28,30,33H,1,4-6,8-10,13,15-23H2,(H2,40,41,42)(H2,43,45,55)(H,44,46,54)/b14-7+/t25-,28+,30+,33+/m1/s1. The van der Waals surface area contributed by atoms with E-state index in [1.165, 1.54) is 6.33 Å². The molecule has 7 heterocycles. The van der Waals surface area contributed by atoms with Crippen LogP contribution in [0.5, 0.6) is 0 Å². The number of rotatable bonds is 15. The molecule has 5 N–H and O–H groups in total. The zero-order valence-electron chi connectivity index (χ0n) is 32.0. The summed E-state index contributed by atoms with van der Waals surface area (Å²) < 4.78 is 7.37. The van der Waals surface area contributed by atoms with E-state index in [1.54, 1.807) is 22.9 Å². The average molecular weight is 799 g/mol. The first kappa shape index (κ1) is 38.8. The number of unbranched alkanes of at least 4 members (excludes halogenated alkanes) is 1. The van der Waals surface area contributed by atoms with E-state index in [0.29, 0.717) is 65.6 Å². The Morgan fingerprint density at radius 2 is 1.84 bits per heavy atom. The fourth-order valence-electron chi connectivity index (χ4n) is 8.38. The molecule has 0 saturated carbocycles. The number of piperidine rings is 1. The van der Waals surface area contributed by atoms with Crippen molar-refractivity contribution in [2.45, 2.75) is 74.7 Å². The lowest BCUT2D eigenvalue weighted by Gasteiger charge is -2.34. The van der Waals surface area contributed by atoms with Crippen LogP contribution in [0.15, 0.2) is 47.2 Å². The van der Waals surface area contributed by atoms with Gasteiger partial charge in [0.1, 0.15) is 23.4 Å². The topological polar surface area (TPSA) is 210 Å². The van der Waals surface area contributed by atoms with Gasteiger partial charge in [-0.1, -0.05) is 24.6 Å². The van der Waals surface area contributed by atoms with E-state index in [1.807, 2.05) is 34.9 Å². The smallest absolute Gasteiger partial charge is 0.315 e. The van der Waals surface area contributed by atoms with Crippen molar-refractivity contribution < 1.29 is 23.6 Å². The number of oxazole rings is 1. The largest absolute Gasteiger partial charge is 0.423 e. The van der Waals surface area contributed by atoms with E-state index in [9.17, 15) is 19.2 Å². The minimum absolute atomic E-state index is 0.0435. The van der Waals surface area contributed by atoms with Gasteiger partial charge in [-0.15, -0.1) is 0 Å². The molecular weight excluding hydrogens is 749 g/mol. The maximum atomic E-state index is 13.5. The molecule has 8 rings (SSSR count). The summed E-state index contributed by atoms with van der Waals surface area (Å²) in [7, 11) is 0. The molecule has 57 heavy (non-hydrogen) atoms. The zero-order chi connectivity index (χ0) is 39.3. The van der Waals surface area contributed by atoms with E-state index >= 15 is 0 Å². The Morgan fingerprint density at radius 1 is 1.02 bits per heavy atom. The number of carbonyl (C=O) groups is 4. The van der Waals surface area contributed by atoms with Gasteiger partial charge in [-0.3, -0.25) is 24.6 Å². The molecule has 4 aliphatic heterocycles. The number of anilines is 2. The summed E-state index contributed by atoms with van der Waals surface area (Å²) in [6, 6.07) is 7.47. The first-order valence-corrected chi connectivity index (χ1v) is 21.1. The van der Waals surface area contributed by atoms with Gasteiger partial charge in [-0.25, -0.2) is 19.4 Å². The summed E-state index contributed by atoms with van der Waals surface area (Å²) >= 11 is 1.92. The molecule has 4 fully saturated rings. The van der Waals surface area contributed by atoms with Crippen LogP contribution in [0.3, 0.4) is 0 Å². The van der Waals surface area contributed by atoms with Crippen molar-refractivity contribution in [3.8, 4) is 0 Å². The van der Waals surface area contributed by atoms with E-state index in [4.69, 9.17) is 10.2 Å². The Bertz CT molecular complexity index is 2100. The molecule has 302 valence electrons. The van der Waals surface area contributed by atoms with Crippen LogP contribution in [0, 0.1) is 0 Å². The minimum atomic E-state index is -0.551. The molecule has 0 aliphatic carbocycles. The molecule has 0 bridgehead atoms. The molecule has 4 amide bonds. The monoisotopic (exact) mass is 798 g/mol. The number of likely N-dealkylation sites (tertiary alicyclic amines) is 1. The first-order chi connectivity index (χ1) is 27.8. The predicted octanol–water partition coefficient (Wildman–Crippen LogP) is 3.21. The Morgan fingerprint density at radius 3 is 2.70 bits per heavy atom. The first-order valence-electron chi connectivity index (χ1n) is 20.0. The molecular formula is C39H50N12O5S. The molecule has 4 aliphatic rings. The second-order valence-corrected chi connectivity index (χ2v) is 16.6. The van der Waals surface area contributed by atoms with Gasteiger partial charge in [0.2, 0.25) is 5.91 Å². The number of nitrogens with two attached hydrogens (primary N) is 1. The Labute approximate surface area is 334 Å². The second kappa shape index (κ2) is 17.6. The number of Topliss-reactive ketones (excluding diaryl/α,β-unsaturated/α-hetero) is 1. The number of ketones is 1. The molecule has 17 nitrogen and oxygen atoms in total. The molecule has 0 spiro atoms. The number of nitrogens with zero attached hydrogens (tertiary/aromatic N) is 8. The Kier molecular flexibility index (Phi) is 12.0.